The number of nitrogens with one attached hydrogen (secondary N) is 1. The molecule has 1 nitrogen and oxygen atoms in total. The van der Waals surface area contributed by atoms with Crippen molar-refractivity contribution in [1.82, 2.24) is 0 Å². The molecule has 1 aliphatic rings. The minimum Gasteiger partial charge on any atom is -0.381 e. The maximum atomic E-state index is 13.6. The first-order valence-corrected chi connectivity index (χ1v) is 6.90. The van der Waals surface area contributed by atoms with Crippen LogP contribution in [-0.2, 0) is 19.4 Å². The molecule has 0 heterocycles. The Kier molecular flexibility index (Phi) is 3.43. The third-order valence-corrected chi connectivity index (χ3v) is 3.83. The molecule has 0 aromatic heterocycles. The molecule has 0 spiro atoms. The molecule has 0 radical (unpaired) electrons. The zero-order valence-corrected chi connectivity index (χ0v) is 11.3. The summed E-state index contributed by atoms with van der Waals surface area (Å²) in [5.74, 6) is -0.263. The van der Waals surface area contributed by atoms with E-state index in [1.54, 1.807) is 12.1 Å². The lowest BCUT2D eigenvalue weighted by Crippen LogP contribution is -2.02. The maximum absolute atomic E-state index is 13.6. The fraction of sp³-hybridized carbons (Fsp3) is 0.250. The summed E-state index contributed by atoms with van der Waals surface area (Å²) in [4.78, 5) is 0. The van der Waals surface area contributed by atoms with Crippen molar-refractivity contribution in [2.24, 2.45) is 0 Å². The maximum Gasteiger partial charge on any atom is 0.129 e. The van der Waals surface area contributed by atoms with Crippen molar-refractivity contribution in [3.8, 4) is 0 Å². The average Bonchev–Trinajstić information content (AvgIpc) is 2.85. The summed E-state index contributed by atoms with van der Waals surface area (Å²) in [6, 6.07) is 11.2. The molecule has 0 bridgehead atoms. The Morgan fingerprint density at radius 1 is 1.05 bits per heavy atom. The molecular formula is C16H15ClFN. The Morgan fingerprint density at radius 2 is 1.89 bits per heavy atom. The molecule has 2 aromatic rings. The van der Waals surface area contributed by atoms with E-state index in [0.717, 1.165) is 12.1 Å². The van der Waals surface area contributed by atoms with Crippen LogP contribution >= 0.6 is 11.6 Å². The number of halogens is 2. The summed E-state index contributed by atoms with van der Waals surface area (Å²) in [6.07, 6.45) is 3.58. The summed E-state index contributed by atoms with van der Waals surface area (Å²) in [6.45, 7) is 0.474. The predicted octanol–water partition coefficient (Wildman–Crippen LogP) is 4.58. The summed E-state index contributed by atoms with van der Waals surface area (Å²) in [5, 5.41) is 3.70. The van der Waals surface area contributed by atoms with Crippen molar-refractivity contribution < 1.29 is 4.39 Å². The van der Waals surface area contributed by atoms with Gasteiger partial charge in [-0.25, -0.2) is 4.39 Å². The molecule has 0 saturated carbocycles. The number of hydrogen-bond acceptors (Lipinski definition) is 1. The number of benzene rings is 2. The molecule has 3 heteroatoms. The topological polar surface area (TPSA) is 12.0 Å². The largest absolute Gasteiger partial charge is 0.381 e. The van der Waals surface area contributed by atoms with E-state index in [9.17, 15) is 4.39 Å². The molecule has 2 aromatic carbocycles. The van der Waals surface area contributed by atoms with E-state index in [2.05, 4.69) is 23.5 Å². The number of rotatable bonds is 3. The van der Waals surface area contributed by atoms with Gasteiger partial charge in [0.05, 0.1) is 0 Å². The van der Waals surface area contributed by atoms with Gasteiger partial charge < -0.3 is 5.32 Å². The zero-order valence-electron chi connectivity index (χ0n) is 10.5. The quantitative estimate of drug-likeness (QED) is 0.864. The highest BCUT2D eigenvalue weighted by Crippen LogP contribution is 2.25. The van der Waals surface area contributed by atoms with Crippen LogP contribution in [0.15, 0.2) is 36.4 Å². The molecule has 0 amide bonds. The Labute approximate surface area is 117 Å². The van der Waals surface area contributed by atoms with Crippen molar-refractivity contribution >= 4 is 17.3 Å². The van der Waals surface area contributed by atoms with Crippen LogP contribution in [0.3, 0.4) is 0 Å². The van der Waals surface area contributed by atoms with E-state index in [0.29, 0.717) is 17.1 Å². The standard InChI is InChI=1S/C16H15ClFN/c17-14-6-4-13(16(18)9-14)10-19-15-7-5-11-2-1-3-12(11)8-15/h4-9,19H,1-3,10H2. The smallest absolute Gasteiger partial charge is 0.129 e. The summed E-state index contributed by atoms with van der Waals surface area (Å²) in [7, 11) is 0. The van der Waals surface area contributed by atoms with Gasteiger partial charge in [-0.2, -0.15) is 0 Å². The molecule has 0 atom stereocenters. The summed E-state index contributed by atoms with van der Waals surface area (Å²) < 4.78 is 13.6. The number of anilines is 1. The lowest BCUT2D eigenvalue weighted by Gasteiger charge is -2.09. The molecule has 1 N–H and O–H groups in total. The lowest BCUT2D eigenvalue weighted by molar-refractivity contribution is 0.613. The second-order valence-corrected chi connectivity index (χ2v) is 5.36. The zero-order chi connectivity index (χ0) is 13.2. The van der Waals surface area contributed by atoms with Crippen LogP contribution in [0.2, 0.25) is 5.02 Å². The van der Waals surface area contributed by atoms with Crippen molar-refractivity contribution in [2.75, 3.05) is 5.32 Å². The van der Waals surface area contributed by atoms with Crippen LogP contribution in [0.4, 0.5) is 10.1 Å². The van der Waals surface area contributed by atoms with Gasteiger partial charge in [-0.15, -0.1) is 0 Å². The van der Waals surface area contributed by atoms with Crippen LogP contribution < -0.4 is 5.32 Å². The Hall–Kier alpha value is -1.54. The van der Waals surface area contributed by atoms with Crippen LogP contribution in [-0.4, -0.2) is 0 Å². The second kappa shape index (κ2) is 5.22. The van der Waals surface area contributed by atoms with E-state index >= 15 is 0 Å². The van der Waals surface area contributed by atoms with E-state index < -0.39 is 0 Å². The van der Waals surface area contributed by atoms with Gasteiger partial charge in [0.25, 0.3) is 0 Å². The van der Waals surface area contributed by atoms with Crippen molar-refractivity contribution in [3.63, 3.8) is 0 Å². The van der Waals surface area contributed by atoms with Crippen LogP contribution in [0.1, 0.15) is 23.1 Å². The van der Waals surface area contributed by atoms with Gasteiger partial charge >= 0.3 is 0 Å². The Balaban J connectivity index is 1.72. The summed E-state index contributed by atoms with van der Waals surface area (Å²) >= 11 is 5.74. The second-order valence-electron chi connectivity index (χ2n) is 4.93. The third-order valence-electron chi connectivity index (χ3n) is 3.60. The van der Waals surface area contributed by atoms with Gasteiger partial charge in [0.1, 0.15) is 5.82 Å². The fourth-order valence-corrected chi connectivity index (χ4v) is 2.70. The predicted molar refractivity (Wildman–Crippen MR) is 77.2 cm³/mol. The van der Waals surface area contributed by atoms with Gasteiger partial charge in [-0.3, -0.25) is 0 Å². The van der Waals surface area contributed by atoms with Crippen LogP contribution in [0, 0.1) is 5.82 Å². The monoisotopic (exact) mass is 275 g/mol. The van der Waals surface area contributed by atoms with Crippen LogP contribution in [0.5, 0.6) is 0 Å². The first kappa shape index (κ1) is 12.5. The lowest BCUT2D eigenvalue weighted by atomic mass is 10.1. The molecule has 0 saturated heterocycles. The molecule has 3 rings (SSSR count). The third kappa shape index (κ3) is 2.74. The van der Waals surface area contributed by atoms with Crippen molar-refractivity contribution in [2.45, 2.75) is 25.8 Å². The van der Waals surface area contributed by atoms with Gasteiger partial charge in [0.2, 0.25) is 0 Å². The first-order chi connectivity index (χ1) is 9.22. The van der Waals surface area contributed by atoms with Crippen molar-refractivity contribution in [1.29, 1.82) is 0 Å². The number of fused-ring (bicyclic) bond motifs is 1. The fourth-order valence-electron chi connectivity index (χ4n) is 2.54. The average molecular weight is 276 g/mol. The van der Waals surface area contributed by atoms with Gasteiger partial charge in [0, 0.05) is 22.8 Å². The van der Waals surface area contributed by atoms with Gasteiger partial charge in [0.15, 0.2) is 0 Å². The van der Waals surface area contributed by atoms with Gasteiger partial charge in [-0.05, 0) is 54.7 Å². The molecule has 1 aliphatic carbocycles. The minimum absolute atomic E-state index is 0.263. The van der Waals surface area contributed by atoms with E-state index in [-0.39, 0.29) is 5.82 Å². The van der Waals surface area contributed by atoms with E-state index in [4.69, 9.17) is 11.6 Å². The Bertz CT molecular complexity index is 610. The van der Waals surface area contributed by atoms with Gasteiger partial charge in [-0.1, -0.05) is 23.7 Å². The highest BCUT2D eigenvalue weighted by atomic mass is 35.5. The first-order valence-electron chi connectivity index (χ1n) is 6.52. The van der Waals surface area contributed by atoms with E-state index in [1.807, 2.05) is 0 Å². The highest BCUT2D eigenvalue weighted by Gasteiger charge is 2.10. The number of hydrogen-bond donors (Lipinski definition) is 1. The minimum atomic E-state index is -0.263. The molecule has 19 heavy (non-hydrogen) atoms. The molecule has 0 fully saturated rings. The summed E-state index contributed by atoms with van der Waals surface area (Å²) in [5.41, 5.74) is 4.55. The molecule has 0 aliphatic heterocycles. The SMILES string of the molecule is Fc1cc(Cl)ccc1CNc1ccc2c(c1)CCC2. The van der Waals surface area contributed by atoms with E-state index in [1.165, 1.54) is 30.0 Å². The highest BCUT2D eigenvalue weighted by molar-refractivity contribution is 6.30. The molecule has 0 unspecified atom stereocenters. The molecular weight excluding hydrogens is 261 g/mol. The Morgan fingerprint density at radius 3 is 2.74 bits per heavy atom. The van der Waals surface area contributed by atoms with Crippen LogP contribution in [0.25, 0.3) is 0 Å². The van der Waals surface area contributed by atoms with Crippen molar-refractivity contribution in [3.05, 3.63) is 63.9 Å². The normalized spacial score (nSPS) is 13.4. The number of aryl methyl sites for hydroxylation is 2. The molecule has 98 valence electrons.